The molecule has 6 heteroatoms. The van der Waals surface area contributed by atoms with E-state index in [-0.39, 0.29) is 0 Å². The molecule has 12 rings (SSSR count). The molecule has 0 spiro atoms. The normalized spacial score (nSPS) is 11.6. The van der Waals surface area contributed by atoms with Gasteiger partial charge in [0, 0.05) is 56.7 Å². The lowest BCUT2D eigenvalue weighted by atomic mass is 10.1. The van der Waals surface area contributed by atoms with Gasteiger partial charge in [0.05, 0.1) is 55.5 Å². The summed E-state index contributed by atoms with van der Waals surface area (Å²) in [6.07, 6.45) is 6.28. The van der Waals surface area contributed by atoms with E-state index in [4.69, 9.17) is 11.6 Å². The molecule has 0 amide bonds. The first-order valence-corrected chi connectivity index (χ1v) is 23.9. The highest BCUT2D eigenvalue weighted by Gasteiger charge is 2.23. The van der Waals surface area contributed by atoms with Crippen molar-refractivity contribution < 1.29 is 0 Å². The van der Waals surface area contributed by atoms with Crippen LogP contribution in [0.5, 0.6) is 0 Å². The van der Waals surface area contributed by atoms with Crippen molar-refractivity contribution in [2.24, 2.45) is 0 Å². The molecule has 3 heterocycles. The quantitative estimate of drug-likeness (QED) is 0.129. The zero-order valence-corrected chi connectivity index (χ0v) is 38.7. The third kappa shape index (κ3) is 6.94. The highest BCUT2D eigenvalue weighted by atomic mass is 35.5. The van der Waals surface area contributed by atoms with Crippen molar-refractivity contribution in [1.82, 2.24) is 13.7 Å². The Hall–Kier alpha value is -8.25. The number of benzene rings is 9. The van der Waals surface area contributed by atoms with E-state index < -0.39 is 0 Å². The van der Waals surface area contributed by atoms with Crippen LogP contribution >= 0.6 is 11.6 Å². The number of hydrogen-bond acceptors (Lipinski definition) is 2. The molecule has 12 aromatic rings. The van der Waals surface area contributed by atoms with E-state index in [1.807, 2.05) is 0 Å². The molecule has 3 aromatic heterocycles. The Balaban J connectivity index is 1.12. The SMILES string of the molecule is CCc1ccc2c(c1)c1cc(CC)ccc1n2-c1cc(-n2ccc3c(N(c4ccccc4)c4ccccc4)cccc32)c(Cl)c(-n2ccc3c(N(c4ccccc4)c4ccccc4)cccc32)c1. The maximum atomic E-state index is 7.96. The fraction of sp³-hybridized carbons (Fsp3) is 0.0645. The molecular weight excluding hydrogens is 850 g/mol. The van der Waals surface area contributed by atoms with Crippen molar-refractivity contribution in [3.8, 4) is 17.1 Å². The Bertz CT molecular complexity index is 3450. The van der Waals surface area contributed by atoms with Crippen LogP contribution in [0.25, 0.3) is 60.7 Å². The Kier molecular flexibility index (Phi) is 10.4. The van der Waals surface area contributed by atoms with E-state index in [0.29, 0.717) is 5.02 Å². The average molecular weight is 899 g/mol. The number of aryl methyl sites for hydroxylation is 2. The largest absolute Gasteiger partial charge is 0.315 e. The van der Waals surface area contributed by atoms with Crippen molar-refractivity contribution in [1.29, 1.82) is 0 Å². The van der Waals surface area contributed by atoms with Crippen LogP contribution in [-0.4, -0.2) is 13.7 Å². The maximum Gasteiger partial charge on any atom is 0.0888 e. The summed E-state index contributed by atoms with van der Waals surface area (Å²) >= 11 is 7.96. The molecular formula is C62H48ClN5. The van der Waals surface area contributed by atoms with Gasteiger partial charge in [-0.25, -0.2) is 0 Å². The van der Waals surface area contributed by atoms with E-state index in [2.05, 4.69) is 268 Å². The average Bonchev–Trinajstić information content (AvgIpc) is 4.13. The summed E-state index contributed by atoms with van der Waals surface area (Å²) in [6, 6.07) is 78.4. The topological polar surface area (TPSA) is 21.3 Å². The van der Waals surface area contributed by atoms with Crippen molar-refractivity contribution >= 4 is 89.3 Å². The van der Waals surface area contributed by atoms with Gasteiger partial charge in [0.1, 0.15) is 0 Å². The van der Waals surface area contributed by atoms with Gasteiger partial charge in [0.15, 0.2) is 0 Å². The number of nitrogens with zero attached hydrogens (tertiary/aromatic N) is 5. The molecule has 0 saturated heterocycles. The van der Waals surface area contributed by atoms with E-state index in [1.54, 1.807) is 0 Å². The molecule has 0 radical (unpaired) electrons. The van der Waals surface area contributed by atoms with E-state index >= 15 is 0 Å². The zero-order valence-electron chi connectivity index (χ0n) is 38.0. The summed E-state index contributed by atoms with van der Waals surface area (Å²) in [5.74, 6) is 0. The van der Waals surface area contributed by atoms with Gasteiger partial charge in [-0.3, -0.25) is 0 Å². The Morgan fingerprint density at radius 3 is 1.12 bits per heavy atom. The summed E-state index contributed by atoms with van der Waals surface area (Å²) in [5, 5.41) is 5.37. The minimum atomic E-state index is 0.646. The fourth-order valence-electron chi connectivity index (χ4n) is 10.2. The molecule has 0 aliphatic heterocycles. The lowest BCUT2D eigenvalue weighted by molar-refractivity contribution is 1.06. The van der Waals surface area contributed by atoms with Gasteiger partial charge in [0.25, 0.3) is 0 Å². The molecule has 5 nitrogen and oxygen atoms in total. The second-order valence-corrected chi connectivity index (χ2v) is 17.7. The molecule has 0 unspecified atom stereocenters. The number of hydrogen-bond donors (Lipinski definition) is 0. The van der Waals surface area contributed by atoms with Crippen LogP contribution in [0.3, 0.4) is 0 Å². The molecule has 0 atom stereocenters. The van der Waals surface area contributed by atoms with E-state index in [1.165, 1.54) is 21.9 Å². The van der Waals surface area contributed by atoms with Crippen LogP contribution < -0.4 is 9.80 Å². The van der Waals surface area contributed by atoms with Crippen LogP contribution in [0.4, 0.5) is 34.1 Å². The van der Waals surface area contributed by atoms with Crippen molar-refractivity contribution in [3.05, 3.63) is 247 Å². The van der Waals surface area contributed by atoms with Gasteiger partial charge in [-0.1, -0.05) is 123 Å². The Morgan fingerprint density at radius 1 is 0.368 bits per heavy atom. The number of aromatic nitrogens is 3. The monoisotopic (exact) mass is 897 g/mol. The Morgan fingerprint density at radius 2 is 0.750 bits per heavy atom. The Labute approximate surface area is 401 Å². The zero-order chi connectivity index (χ0) is 45.7. The second-order valence-electron chi connectivity index (χ2n) is 17.3. The van der Waals surface area contributed by atoms with Crippen LogP contribution in [0.1, 0.15) is 25.0 Å². The van der Waals surface area contributed by atoms with Crippen molar-refractivity contribution in [3.63, 3.8) is 0 Å². The minimum Gasteiger partial charge on any atom is -0.315 e. The molecule has 68 heavy (non-hydrogen) atoms. The highest BCUT2D eigenvalue weighted by molar-refractivity contribution is 6.34. The summed E-state index contributed by atoms with van der Waals surface area (Å²) in [4.78, 5) is 4.67. The lowest BCUT2D eigenvalue weighted by Crippen LogP contribution is -2.10. The van der Waals surface area contributed by atoms with Crippen LogP contribution in [0, 0.1) is 0 Å². The van der Waals surface area contributed by atoms with E-state index in [0.717, 1.165) is 96.9 Å². The number of anilines is 6. The molecule has 0 aliphatic rings. The number of rotatable bonds is 11. The van der Waals surface area contributed by atoms with Gasteiger partial charge in [-0.05, 0) is 145 Å². The predicted octanol–water partition coefficient (Wildman–Crippen LogP) is 17.4. The summed E-state index contributed by atoms with van der Waals surface area (Å²) in [5.41, 5.74) is 16.4. The molecule has 0 saturated carbocycles. The van der Waals surface area contributed by atoms with E-state index in [9.17, 15) is 0 Å². The lowest BCUT2D eigenvalue weighted by Gasteiger charge is -2.26. The first-order chi connectivity index (χ1) is 33.6. The number of halogens is 1. The minimum absolute atomic E-state index is 0.646. The molecule has 328 valence electrons. The molecule has 0 aliphatic carbocycles. The summed E-state index contributed by atoms with van der Waals surface area (Å²) in [6.45, 7) is 4.46. The van der Waals surface area contributed by atoms with Gasteiger partial charge >= 0.3 is 0 Å². The van der Waals surface area contributed by atoms with Gasteiger partial charge in [-0.15, -0.1) is 0 Å². The number of para-hydroxylation sites is 4. The molecule has 0 N–H and O–H groups in total. The molecule has 0 bridgehead atoms. The molecule has 0 fully saturated rings. The summed E-state index contributed by atoms with van der Waals surface area (Å²) in [7, 11) is 0. The smallest absolute Gasteiger partial charge is 0.0888 e. The van der Waals surface area contributed by atoms with Gasteiger partial charge in [-0.2, -0.15) is 0 Å². The second kappa shape index (κ2) is 17.2. The van der Waals surface area contributed by atoms with Crippen molar-refractivity contribution in [2.45, 2.75) is 26.7 Å². The van der Waals surface area contributed by atoms with Crippen molar-refractivity contribution in [2.75, 3.05) is 9.80 Å². The first kappa shape index (κ1) is 41.2. The maximum absolute atomic E-state index is 7.96. The standard InChI is InChI=1S/C62H48ClN5/c1-3-43-31-33-58-52(39-43)53-40-44(4-2)32-34-59(53)68(58)49-41-60(64-37-35-50-54(64)27-17-29-56(50)66(45-19-9-5-10-20-45)46-21-11-6-12-22-46)62(63)61(42-49)65-38-36-51-55(65)28-18-30-57(51)67(47-23-13-7-14-24-47)48-25-15-8-16-26-48/h5-42H,3-4H2,1-2H3. The summed E-state index contributed by atoms with van der Waals surface area (Å²) < 4.78 is 6.97. The first-order valence-electron chi connectivity index (χ1n) is 23.5. The predicted molar refractivity (Wildman–Crippen MR) is 288 cm³/mol. The third-order valence-corrected chi connectivity index (χ3v) is 13.9. The van der Waals surface area contributed by atoms with Crippen LogP contribution in [0.15, 0.2) is 231 Å². The number of fused-ring (bicyclic) bond motifs is 5. The fourth-order valence-corrected chi connectivity index (χ4v) is 10.5. The third-order valence-electron chi connectivity index (χ3n) is 13.5. The van der Waals surface area contributed by atoms with Gasteiger partial charge in [0.2, 0.25) is 0 Å². The highest BCUT2D eigenvalue weighted by Crippen LogP contribution is 2.44. The molecule has 9 aromatic carbocycles. The van der Waals surface area contributed by atoms with Crippen LogP contribution in [-0.2, 0) is 12.8 Å². The van der Waals surface area contributed by atoms with Gasteiger partial charge < -0.3 is 23.5 Å². The van der Waals surface area contributed by atoms with Crippen LogP contribution in [0.2, 0.25) is 5.02 Å².